The molecule has 33 heteroatoms. The maximum Gasteiger partial charge on any atom is 0.320 e. The second-order valence-corrected chi connectivity index (χ2v) is 24.9. The van der Waals surface area contributed by atoms with Gasteiger partial charge < -0.3 is 85.6 Å². The average molecular weight is 1290 g/mol. The number of ketones is 2. The number of carbonyl (C=O) groups excluding carboxylic acids is 12. The van der Waals surface area contributed by atoms with Crippen LogP contribution >= 0.6 is 0 Å². The van der Waals surface area contributed by atoms with Crippen molar-refractivity contribution in [3.63, 3.8) is 0 Å². The third-order valence-corrected chi connectivity index (χ3v) is 18.9. The molecule has 0 aromatic rings. The fraction of sp³-hybridized carbons (Fsp3) is 0.741. The lowest BCUT2D eigenvalue weighted by molar-refractivity contribution is -0.150. The van der Waals surface area contributed by atoms with Gasteiger partial charge in [-0.1, -0.05) is 0 Å². The first kappa shape index (κ1) is 69.1. The molecule has 0 aromatic heterocycles. The molecule has 33 nitrogen and oxygen atoms in total. The number of carboxylic acid groups (broad SMARTS) is 3. The minimum absolute atomic E-state index is 0.0480. The summed E-state index contributed by atoms with van der Waals surface area (Å²) in [5.41, 5.74) is 0. The van der Waals surface area contributed by atoms with E-state index in [1.54, 1.807) is 0 Å². The number of amides is 10. The van der Waals surface area contributed by atoms with Gasteiger partial charge in [0, 0.05) is 117 Å². The van der Waals surface area contributed by atoms with Crippen molar-refractivity contribution in [3.8, 4) is 0 Å². The number of nitrogens with one attached hydrogen (secondary N) is 2. The molecule has 9 N–H and O–H groups in total. The summed E-state index contributed by atoms with van der Waals surface area (Å²) in [5, 5.41) is 75.8. The zero-order valence-corrected chi connectivity index (χ0v) is 50.8. The van der Waals surface area contributed by atoms with E-state index >= 15 is 0 Å². The molecule has 10 amide bonds. The number of β-amino-alcohol motifs (C(OH)–C–C–N with tert-alkyl or cyclic N) is 4. The molecule has 8 fully saturated rings. The molecular weight excluding hydrogens is 1200 g/mol. The molecule has 502 valence electrons. The number of hydrogen-bond donors (Lipinski definition) is 9. The van der Waals surface area contributed by atoms with Crippen LogP contribution in [0.4, 0.5) is 0 Å². The van der Waals surface area contributed by atoms with Gasteiger partial charge in [0.2, 0.25) is 59.1 Å². The molecule has 8 rings (SSSR count). The largest absolute Gasteiger partial charge is 0.480 e. The molecule has 0 spiro atoms. The monoisotopic (exact) mass is 1290 g/mol. The Balaban J connectivity index is 0.808. The first-order chi connectivity index (χ1) is 43.2. The SMILES string of the molecule is CNC(=O)C1C[C@@H](O)CN1C(=O)C1CCCN1C(=O)CCC(=O)[C@@H]1C[C@H](O)CN1C(=O)C1CCCN1C(=O)CNC(=O)C1C[C@@H](O)CN1C(=O)C1CCCN1C(=O)CCC(=O)[C@@H]1C[C@H](O)CN1C(=O)[C@H]1CCCN1C(=O)CCC(C(=O)O)N(CC(=O)O)CC(=O)O. The van der Waals surface area contributed by atoms with Crippen molar-refractivity contribution in [1.82, 2.24) is 54.7 Å². The van der Waals surface area contributed by atoms with E-state index in [2.05, 4.69) is 10.6 Å². The van der Waals surface area contributed by atoms with Gasteiger partial charge in [-0.25, -0.2) is 0 Å². The number of aliphatic hydroxyl groups excluding tert-OH is 4. The van der Waals surface area contributed by atoms with Gasteiger partial charge in [0.1, 0.15) is 42.3 Å². The summed E-state index contributed by atoms with van der Waals surface area (Å²) in [6, 6.07) is -10.4. The Bertz CT molecular complexity index is 2860. The number of carboxylic acids is 3. The van der Waals surface area contributed by atoms with Crippen LogP contribution in [0.1, 0.15) is 116 Å². The summed E-state index contributed by atoms with van der Waals surface area (Å²) in [5.74, 6) is -11.8. The maximum atomic E-state index is 14.3. The molecule has 0 bridgehead atoms. The van der Waals surface area contributed by atoms with Crippen molar-refractivity contribution < 1.29 is 108 Å². The molecule has 13 atom stereocenters. The number of likely N-dealkylation sites (N-methyl/N-ethyl adjacent to an activating group) is 1. The Kier molecular flexibility index (Phi) is 22.9. The number of hydrogen-bond acceptors (Lipinski definition) is 20. The van der Waals surface area contributed by atoms with Gasteiger partial charge in [-0.05, 0) is 57.8 Å². The van der Waals surface area contributed by atoms with Crippen LogP contribution in [0.2, 0.25) is 0 Å². The highest BCUT2D eigenvalue weighted by atomic mass is 16.4. The van der Waals surface area contributed by atoms with Crippen LogP contribution in [0.5, 0.6) is 0 Å². The molecule has 6 unspecified atom stereocenters. The van der Waals surface area contributed by atoms with E-state index in [0.29, 0.717) is 37.0 Å². The van der Waals surface area contributed by atoms with Crippen LogP contribution < -0.4 is 10.6 Å². The number of likely N-dealkylation sites (tertiary alicyclic amines) is 8. The number of rotatable bonds is 25. The third kappa shape index (κ3) is 15.9. The molecular formula is C58H83N11O22. The summed E-state index contributed by atoms with van der Waals surface area (Å²) >= 11 is 0. The average Bonchev–Trinajstić information content (AvgIpc) is 1.89. The van der Waals surface area contributed by atoms with Crippen LogP contribution in [-0.4, -0.2) is 326 Å². The number of nitrogens with zero attached hydrogens (tertiary/aromatic N) is 9. The highest BCUT2D eigenvalue weighted by molar-refractivity contribution is 5.99. The second kappa shape index (κ2) is 30.1. The third-order valence-electron chi connectivity index (χ3n) is 18.9. The van der Waals surface area contributed by atoms with Crippen LogP contribution in [0.25, 0.3) is 0 Å². The van der Waals surface area contributed by atoms with E-state index in [1.807, 2.05) is 0 Å². The van der Waals surface area contributed by atoms with E-state index in [0.717, 1.165) is 9.80 Å². The number of aliphatic carboxylic acids is 3. The highest BCUT2D eigenvalue weighted by Crippen LogP contribution is 2.32. The van der Waals surface area contributed by atoms with Gasteiger partial charge in [0.15, 0.2) is 11.6 Å². The van der Waals surface area contributed by atoms with Gasteiger partial charge in [-0.2, -0.15) is 0 Å². The predicted octanol–water partition coefficient (Wildman–Crippen LogP) is -5.94. The van der Waals surface area contributed by atoms with Gasteiger partial charge >= 0.3 is 17.9 Å². The molecule has 0 aliphatic carbocycles. The van der Waals surface area contributed by atoms with Crippen molar-refractivity contribution in [3.05, 3.63) is 0 Å². The van der Waals surface area contributed by atoms with Crippen molar-refractivity contribution in [1.29, 1.82) is 0 Å². The standard InChI is InChI=1S/C58H83N11O22/c1-59-52(84)42-22-33(72)27-68(42)56(88)36-7-3-17-63(36)47(77)14-12-45(75)41-21-32(71)26-67(41)55(87)38-9-5-19-65(38)49(79)24-60-53(85)43-23-34(73)28-69(43)57(89)37-8-4-18-64(37)48(78)15-11-44(74)40-20-31(70)25-66(40)54(86)35-6-2-16-62(35)46(76)13-10-39(58(90)91)61(29-50(80)81)30-51(82)83/h31-43,70-73H,2-30H2,1H3,(H,59,84)(H,60,85)(H,80,81)(H,82,83)(H,90,91)/t31-,32-,33+,34+,35+,36?,37?,38?,39?,40-,41-,42?,43?/m0/s1. The summed E-state index contributed by atoms with van der Waals surface area (Å²) in [6.07, 6.45) is -4.80. The fourth-order valence-corrected chi connectivity index (χ4v) is 14.5. The van der Waals surface area contributed by atoms with Gasteiger partial charge in [-0.3, -0.25) is 76.8 Å². The summed E-state index contributed by atoms with van der Waals surface area (Å²) < 4.78 is 0. The maximum absolute atomic E-state index is 14.3. The lowest BCUT2D eigenvalue weighted by Crippen LogP contribution is -2.55. The van der Waals surface area contributed by atoms with Crippen LogP contribution in [0.15, 0.2) is 0 Å². The summed E-state index contributed by atoms with van der Waals surface area (Å²) in [4.78, 5) is 210. The van der Waals surface area contributed by atoms with Crippen molar-refractivity contribution >= 4 is 88.5 Å². The predicted molar refractivity (Wildman–Crippen MR) is 307 cm³/mol. The van der Waals surface area contributed by atoms with E-state index in [4.69, 9.17) is 0 Å². The minimum Gasteiger partial charge on any atom is -0.480 e. The highest BCUT2D eigenvalue weighted by Gasteiger charge is 2.50. The van der Waals surface area contributed by atoms with Crippen molar-refractivity contribution in [2.75, 3.05) is 79.0 Å². The summed E-state index contributed by atoms with van der Waals surface area (Å²) in [7, 11) is 1.42. The van der Waals surface area contributed by atoms with Crippen LogP contribution in [0, 0.1) is 0 Å². The summed E-state index contributed by atoms with van der Waals surface area (Å²) in [6.45, 7) is -2.84. The Labute approximate surface area is 522 Å². The van der Waals surface area contributed by atoms with Gasteiger partial charge in [0.25, 0.3) is 0 Å². The molecule has 0 radical (unpaired) electrons. The Morgan fingerprint density at radius 2 is 0.725 bits per heavy atom. The first-order valence-electron chi connectivity index (χ1n) is 31.3. The quantitative estimate of drug-likeness (QED) is 0.0411. The molecule has 91 heavy (non-hydrogen) atoms. The van der Waals surface area contributed by atoms with Crippen LogP contribution in [-0.2, 0) is 71.9 Å². The normalized spacial score (nSPS) is 28.5. The molecule has 8 aliphatic heterocycles. The van der Waals surface area contributed by atoms with E-state index < -0.39 is 213 Å². The fourth-order valence-electron chi connectivity index (χ4n) is 14.5. The van der Waals surface area contributed by atoms with Gasteiger partial charge in [0.05, 0.1) is 56.1 Å². The Hall–Kier alpha value is -7.75. The zero-order chi connectivity index (χ0) is 66.3. The Morgan fingerprint density at radius 1 is 0.407 bits per heavy atom. The van der Waals surface area contributed by atoms with E-state index in [1.165, 1.54) is 36.4 Å². The van der Waals surface area contributed by atoms with Crippen molar-refractivity contribution in [2.45, 2.75) is 194 Å². The molecule has 0 saturated carbocycles. The first-order valence-corrected chi connectivity index (χ1v) is 31.3. The molecule has 8 saturated heterocycles. The number of Topliss-reactive ketones (excluding diaryl/α,β-unsaturated/α-hetero) is 2. The number of carbonyl (C=O) groups is 15. The lowest BCUT2D eigenvalue weighted by Gasteiger charge is -2.32. The van der Waals surface area contributed by atoms with Crippen molar-refractivity contribution in [2.24, 2.45) is 0 Å². The smallest absolute Gasteiger partial charge is 0.320 e. The molecule has 8 aliphatic rings. The Morgan fingerprint density at radius 3 is 1.07 bits per heavy atom. The van der Waals surface area contributed by atoms with E-state index in [9.17, 15) is 108 Å². The lowest BCUT2D eigenvalue weighted by atomic mass is 10.0. The van der Waals surface area contributed by atoms with Gasteiger partial charge in [-0.15, -0.1) is 0 Å². The van der Waals surface area contributed by atoms with Crippen LogP contribution in [0.3, 0.4) is 0 Å². The topological polar surface area (TPSA) is 451 Å². The molecule has 8 heterocycles. The minimum atomic E-state index is -1.67. The molecule has 0 aromatic carbocycles. The zero-order valence-electron chi connectivity index (χ0n) is 50.8. The second-order valence-electron chi connectivity index (χ2n) is 24.9. The van der Waals surface area contributed by atoms with E-state index in [-0.39, 0.29) is 110 Å². The number of aliphatic hydroxyl groups is 4.